The van der Waals surface area contributed by atoms with Crippen LogP contribution < -0.4 is 11.1 Å². The van der Waals surface area contributed by atoms with Gasteiger partial charge in [-0.3, -0.25) is 9.69 Å². The molecule has 1 fully saturated rings. The molecule has 4 heteroatoms. The topological polar surface area (TPSA) is 58.4 Å². The van der Waals surface area contributed by atoms with Crippen molar-refractivity contribution in [1.29, 1.82) is 0 Å². The smallest absolute Gasteiger partial charge is 0.231 e. The third-order valence-corrected chi connectivity index (χ3v) is 3.37. The second-order valence-electron chi connectivity index (χ2n) is 5.20. The minimum Gasteiger partial charge on any atom is -0.369 e. The third kappa shape index (κ3) is 5.50. The molecule has 2 atom stereocenters. The molecule has 1 amide bonds. The highest BCUT2D eigenvalue weighted by molar-refractivity contribution is 5.75. The number of nitrogens with zero attached hydrogens (tertiary/aromatic N) is 1. The Morgan fingerprint density at radius 2 is 2.12 bits per heavy atom. The summed E-state index contributed by atoms with van der Waals surface area (Å²) in [5, 5.41) is 3.57. The van der Waals surface area contributed by atoms with E-state index in [1.807, 2.05) is 0 Å². The van der Waals surface area contributed by atoms with E-state index in [2.05, 4.69) is 24.1 Å². The first kappa shape index (κ1) is 14.5. The Labute approximate surface area is 105 Å². The molecular formula is C13H27N3O. The number of likely N-dealkylation sites (tertiary alicyclic amines) is 1. The molecule has 0 aromatic carbocycles. The number of carbonyl (C=O) groups excluding carboxylic acids is 1. The van der Waals surface area contributed by atoms with Crippen molar-refractivity contribution in [3.63, 3.8) is 0 Å². The van der Waals surface area contributed by atoms with Gasteiger partial charge in [0.1, 0.15) is 0 Å². The lowest BCUT2D eigenvalue weighted by molar-refractivity contribution is -0.119. The van der Waals surface area contributed by atoms with E-state index < -0.39 is 0 Å². The van der Waals surface area contributed by atoms with E-state index in [-0.39, 0.29) is 5.91 Å². The molecule has 100 valence electrons. The molecule has 1 aliphatic rings. The van der Waals surface area contributed by atoms with Gasteiger partial charge in [-0.1, -0.05) is 20.3 Å². The molecule has 1 saturated heterocycles. The minimum atomic E-state index is -0.212. The quantitative estimate of drug-likeness (QED) is 0.698. The first-order valence-corrected chi connectivity index (χ1v) is 6.89. The zero-order valence-electron chi connectivity index (χ0n) is 11.2. The fraction of sp³-hybridized carbons (Fsp3) is 0.923. The Bertz CT molecular complexity index is 233. The summed E-state index contributed by atoms with van der Waals surface area (Å²) in [5.74, 6) is 0.499. The maximum atomic E-state index is 11.0. The molecule has 0 bridgehead atoms. The van der Waals surface area contributed by atoms with Crippen molar-refractivity contribution in [1.82, 2.24) is 10.2 Å². The normalized spacial score (nSPS) is 26.0. The molecule has 0 aromatic rings. The predicted octanol–water partition coefficient (Wildman–Crippen LogP) is 0.962. The van der Waals surface area contributed by atoms with Crippen molar-refractivity contribution in [3.8, 4) is 0 Å². The van der Waals surface area contributed by atoms with Gasteiger partial charge >= 0.3 is 0 Å². The van der Waals surface area contributed by atoms with E-state index in [0.717, 1.165) is 26.1 Å². The highest BCUT2D eigenvalue weighted by Crippen LogP contribution is 2.21. The van der Waals surface area contributed by atoms with Gasteiger partial charge in [-0.15, -0.1) is 0 Å². The molecule has 0 saturated carbocycles. The van der Waals surface area contributed by atoms with Crippen LogP contribution in [0.15, 0.2) is 0 Å². The van der Waals surface area contributed by atoms with Crippen molar-refractivity contribution in [2.75, 3.05) is 26.2 Å². The van der Waals surface area contributed by atoms with Crippen molar-refractivity contribution < 1.29 is 4.79 Å². The van der Waals surface area contributed by atoms with Crippen LogP contribution in [-0.2, 0) is 4.79 Å². The zero-order valence-corrected chi connectivity index (χ0v) is 11.2. The Morgan fingerprint density at radius 1 is 1.35 bits per heavy atom. The Morgan fingerprint density at radius 3 is 2.71 bits per heavy atom. The largest absolute Gasteiger partial charge is 0.369 e. The SMILES string of the molecule is CCCNC1CC(CCC)CN(CC(N)=O)C1. The van der Waals surface area contributed by atoms with Crippen molar-refractivity contribution in [3.05, 3.63) is 0 Å². The lowest BCUT2D eigenvalue weighted by Gasteiger charge is -2.37. The molecule has 2 unspecified atom stereocenters. The molecule has 1 aliphatic heterocycles. The molecule has 0 aliphatic carbocycles. The monoisotopic (exact) mass is 241 g/mol. The van der Waals surface area contributed by atoms with E-state index in [0.29, 0.717) is 18.5 Å². The average Bonchev–Trinajstić information content (AvgIpc) is 2.25. The lowest BCUT2D eigenvalue weighted by atomic mass is 9.90. The highest BCUT2D eigenvalue weighted by atomic mass is 16.1. The Balaban J connectivity index is 2.46. The summed E-state index contributed by atoms with van der Waals surface area (Å²) in [6.45, 7) is 7.87. The summed E-state index contributed by atoms with van der Waals surface area (Å²) in [7, 11) is 0. The van der Waals surface area contributed by atoms with Gasteiger partial charge in [-0.05, 0) is 31.7 Å². The molecule has 1 heterocycles. The van der Waals surface area contributed by atoms with Gasteiger partial charge in [0.05, 0.1) is 6.54 Å². The summed E-state index contributed by atoms with van der Waals surface area (Å²) in [5.41, 5.74) is 5.29. The predicted molar refractivity (Wildman–Crippen MR) is 70.7 cm³/mol. The van der Waals surface area contributed by atoms with E-state index in [9.17, 15) is 4.79 Å². The van der Waals surface area contributed by atoms with Crippen LogP contribution in [0.1, 0.15) is 39.5 Å². The summed E-state index contributed by atoms with van der Waals surface area (Å²) in [4.78, 5) is 13.2. The Kier molecular flexibility index (Phi) is 6.52. The van der Waals surface area contributed by atoms with Gasteiger partial charge < -0.3 is 11.1 Å². The number of carbonyl (C=O) groups is 1. The van der Waals surface area contributed by atoms with Crippen LogP contribution in [0.2, 0.25) is 0 Å². The van der Waals surface area contributed by atoms with Gasteiger partial charge in [0.15, 0.2) is 0 Å². The molecule has 4 nitrogen and oxygen atoms in total. The fourth-order valence-corrected chi connectivity index (χ4v) is 2.77. The van der Waals surface area contributed by atoms with Crippen LogP contribution in [0.5, 0.6) is 0 Å². The fourth-order valence-electron chi connectivity index (χ4n) is 2.77. The van der Waals surface area contributed by atoms with Crippen LogP contribution in [0.25, 0.3) is 0 Å². The number of hydrogen-bond acceptors (Lipinski definition) is 3. The second-order valence-corrected chi connectivity index (χ2v) is 5.20. The number of rotatable bonds is 7. The number of primary amides is 1. The molecular weight excluding hydrogens is 214 g/mol. The Hall–Kier alpha value is -0.610. The number of amides is 1. The van der Waals surface area contributed by atoms with Crippen LogP contribution in [0.4, 0.5) is 0 Å². The van der Waals surface area contributed by atoms with E-state index in [1.165, 1.54) is 19.3 Å². The zero-order chi connectivity index (χ0) is 12.7. The molecule has 0 radical (unpaired) electrons. The average molecular weight is 241 g/mol. The minimum absolute atomic E-state index is 0.212. The lowest BCUT2D eigenvalue weighted by Crippen LogP contribution is -2.51. The first-order chi connectivity index (χ1) is 8.15. The van der Waals surface area contributed by atoms with Crippen LogP contribution in [0.3, 0.4) is 0 Å². The maximum absolute atomic E-state index is 11.0. The van der Waals surface area contributed by atoms with E-state index in [4.69, 9.17) is 5.73 Å². The van der Waals surface area contributed by atoms with Crippen molar-refractivity contribution in [2.45, 2.75) is 45.6 Å². The standard InChI is InChI=1S/C13H27N3O/c1-3-5-11-7-12(15-6-4-2)9-16(8-11)10-13(14)17/h11-12,15H,3-10H2,1-2H3,(H2,14,17). The van der Waals surface area contributed by atoms with Crippen LogP contribution in [0, 0.1) is 5.92 Å². The van der Waals surface area contributed by atoms with E-state index >= 15 is 0 Å². The second kappa shape index (κ2) is 7.67. The van der Waals surface area contributed by atoms with Gasteiger partial charge in [0.25, 0.3) is 0 Å². The number of hydrogen-bond donors (Lipinski definition) is 2. The number of nitrogens with two attached hydrogens (primary N) is 1. The van der Waals surface area contributed by atoms with Crippen molar-refractivity contribution >= 4 is 5.91 Å². The van der Waals surface area contributed by atoms with Crippen molar-refractivity contribution in [2.24, 2.45) is 11.7 Å². The van der Waals surface area contributed by atoms with Crippen LogP contribution in [-0.4, -0.2) is 43.0 Å². The highest BCUT2D eigenvalue weighted by Gasteiger charge is 2.26. The molecule has 3 N–H and O–H groups in total. The van der Waals surface area contributed by atoms with Crippen LogP contribution >= 0.6 is 0 Å². The van der Waals surface area contributed by atoms with Gasteiger partial charge in [0.2, 0.25) is 5.91 Å². The van der Waals surface area contributed by atoms with Gasteiger partial charge in [0, 0.05) is 19.1 Å². The molecule has 17 heavy (non-hydrogen) atoms. The molecule has 1 rings (SSSR count). The number of piperidine rings is 1. The summed E-state index contributed by atoms with van der Waals surface area (Å²) in [6.07, 6.45) is 4.86. The van der Waals surface area contributed by atoms with Gasteiger partial charge in [-0.25, -0.2) is 0 Å². The van der Waals surface area contributed by atoms with E-state index in [1.54, 1.807) is 0 Å². The van der Waals surface area contributed by atoms with Gasteiger partial charge in [-0.2, -0.15) is 0 Å². The summed E-state index contributed by atoms with van der Waals surface area (Å²) >= 11 is 0. The summed E-state index contributed by atoms with van der Waals surface area (Å²) in [6, 6.07) is 0.527. The molecule has 0 spiro atoms. The third-order valence-electron chi connectivity index (χ3n) is 3.37. The first-order valence-electron chi connectivity index (χ1n) is 6.89. The summed E-state index contributed by atoms with van der Waals surface area (Å²) < 4.78 is 0. The molecule has 0 aromatic heterocycles. The maximum Gasteiger partial charge on any atom is 0.231 e. The number of nitrogens with one attached hydrogen (secondary N) is 1.